The Bertz CT molecular complexity index is 50.3. The zero-order valence-electron chi connectivity index (χ0n) is 10.7. The zero-order valence-corrected chi connectivity index (χ0v) is 33.5. The maximum absolute atomic E-state index is 3.68. The molecule has 0 nitrogen and oxygen atoms in total. The van der Waals surface area contributed by atoms with Crippen molar-refractivity contribution in [1.29, 1.82) is 0 Å². The first kappa shape index (κ1) is 63.8. The molecule has 0 aromatic heterocycles. The van der Waals surface area contributed by atoms with E-state index in [1.165, 1.54) is 0 Å². The first-order chi connectivity index (χ1) is 4.18. The van der Waals surface area contributed by atoms with E-state index < -0.39 is 0 Å². The largest absolute Gasteiger partial charge is 0.372 e. The Morgan fingerprint density at radius 2 is 0.824 bits per heavy atom. The van der Waals surface area contributed by atoms with Crippen LogP contribution < -0.4 is 0 Å². The molecule has 0 bridgehead atoms. The minimum absolute atomic E-state index is 0. The summed E-state index contributed by atoms with van der Waals surface area (Å²) in [7, 11) is 0. The van der Waals surface area contributed by atoms with Crippen molar-refractivity contribution in [3.05, 3.63) is 34.6 Å². The summed E-state index contributed by atoms with van der Waals surface area (Å²) in [4.78, 5) is 0. The fraction of sp³-hybridized carbons (Fsp3) is 0.444. The summed E-state index contributed by atoms with van der Waals surface area (Å²) in [5, 5.41) is 0. The van der Waals surface area contributed by atoms with Crippen molar-refractivity contribution >= 4 is 0 Å². The van der Waals surface area contributed by atoms with E-state index in [0.29, 0.717) is 5.92 Å². The summed E-state index contributed by atoms with van der Waals surface area (Å²) in [6.07, 6.45) is 2.75. The number of hydrogen-bond donors (Lipinski definition) is 0. The van der Waals surface area contributed by atoms with E-state index in [4.69, 9.17) is 0 Å². The van der Waals surface area contributed by atoms with Crippen molar-refractivity contribution in [2.75, 3.05) is 0 Å². The van der Waals surface area contributed by atoms with Crippen molar-refractivity contribution < 1.29 is 250 Å². The van der Waals surface area contributed by atoms with Crippen LogP contribution in [0, 0.1) is 40.5 Å². The number of hydrogen-bond acceptors (Lipinski definition) is 0. The van der Waals surface area contributed by atoms with Crippen LogP contribution >= 0.6 is 0 Å². The van der Waals surface area contributed by atoms with Gasteiger partial charge in [-0.2, -0.15) is 6.42 Å². The molecule has 0 rings (SSSR count). The van der Waals surface area contributed by atoms with Gasteiger partial charge in [0.2, 0.25) is 0 Å². The third-order valence-electron chi connectivity index (χ3n) is 0.612. The van der Waals surface area contributed by atoms with E-state index in [0.717, 1.165) is 19.3 Å². The van der Waals surface area contributed by atoms with Gasteiger partial charge in [0.1, 0.15) is 0 Å². The molecule has 0 heterocycles. The molecule has 0 aromatic carbocycles. The zero-order chi connectivity index (χ0) is 7.70. The van der Waals surface area contributed by atoms with E-state index in [1.807, 2.05) is 0 Å². The van der Waals surface area contributed by atoms with Gasteiger partial charge in [-0.05, 0) is 0 Å². The second-order valence-corrected chi connectivity index (χ2v) is 1.86. The van der Waals surface area contributed by atoms with Crippen LogP contribution in [0.5, 0.6) is 0 Å². The molecule has 85 valence electrons. The van der Waals surface area contributed by atoms with Gasteiger partial charge in [-0.1, -0.05) is 0 Å². The molecule has 0 aliphatic heterocycles. The van der Waals surface area contributed by atoms with Gasteiger partial charge >= 0.3 is 0 Å². The molecule has 0 spiro atoms. The molecule has 8 heteroatoms. The van der Waals surface area contributed by atoms with E-state index in [1.54, 1.807) is 0 Å². The number of rotatable bonds is 2. The predicted molar refractivity (Wildman–Crippen MR) is 44.1 cm³/mol. The van der Waals surface area contributed by atoms with Crippen LogP contribution in [0.25, 0.3) is 0 Å². The van der Waals surface area contributed by atoms with Crippen LogP contribution in [0.1, 0.15) is 19.3 Å². The third kappa shape index (κ3) is 94.1. The summed E-state index contributed by atoms with van der Waals surface area (Å²) in [6.45, 7) is 17.8. The van der Waals surface area contributed by atoms with Crippen molar-refractivity contribution in [3.63, 3.8) is 0 Å². The topological polar surface area (TPSA) is 0 Å². The molecule has 0 saturated heterocycles. The summed E-state index contributed by atoms with van der Waals surface area (Å²) in [6, 6.07) is 0. The first-order valence-electron chi connectivity index (χ1n) is 3.22. The Hall–Kier alpha value is 8.42. The Balaban J connectivity index is -0.00000000523. The average Bonchev–Trinajstić information content (AvgIpc) is 1.67. The van der Waals surface area contributed by atoms with Crippen molar-refractivity contribution in [1.82, 2.24) is 0 Å². The Kier molecular flexibility index (Phi) is 242. The molecule has 7 radical (unpaired) electrons. The quantitative estimate of drug-likeness (QED) is 0.375. The van der Waals surface area contributed by atoms with Crippen LogP contribution in [0.3, 0.4) is 0 Å². The molecular weight excluding hydrogens is 914 g/mol. The van der Waals surface area contributed by atoms with E-state index in [2.05, 4.69) is 34.6 Å². The van der Waals surface area contributed by atoms with Crippen LogP contribution in [-0.2, 0) is 250 Å². The molecule has 0 unspecified atom stereocenters. The van der Waals surface area contributed by atoms with Gasteiger partial charge in [-0.25, -0.2) is 0 Å². The van der Waals surface area contributed by atoms with Crippen molar-refractivity contribution in [2.45, 2.75) is 19.3 Å². The monoisotopic (exact) mass is 931 g/mol. The third-order valence-corrected chi connectivity index (χ3v) is 0.612. The molecule has 0 aliphatic carbocycles. The minimum Gasteiger partial charge on any atom is -0.372 e. The predicted octanol–water partition coefficient (Wildman–Crippen LogP) is 2.91. The Labute approximate surface area is 301 Å². The molecule has 0 fully saturated rings. The molecule has 0 amide bonds. The van der Waals surface area contributed by atoms with E-state index in [-0.39, 0.29) is 250 Å². The summed E-state index contributed by atoms with van der Waals surface area (Å²) >= 11 is 0. The second-order valence-electron chi connectivity index (χ2n) is 1.86. The molecule has 0 N–H and O–H groups in total. The van der Waals surface area contributed by atoms with E-state index in [9.17, 15) is 0 Å². The fourth-order valence-corrected chi connectivity index (χ4v) is 0.289. The summed E-state index contributed by atoms with van der Waals surface area (Å²) in [5.41, 5.74) is 0. The van der Waals surface area contributed by atoms with Gasteiger partial charge in [0, 0.05) is 250 Å². The maximum atomic E-state index is 3.68. The Morgan fingerprint density at radius 3 is 0.824 bits per heavy atom. The van der Waals surface area contributed by atoms with E-state index >= 15 is 0 Å². The molecule has 0 aromatic rings. The SMILES string of the molecule is [CH2-]CCC([CH2-])[CH2-].[CH2-]C[CH2-].[W].[Y].[Y].[Y].[Y].[Y].[Y].[Y]. The van der Waals surface area contributed by atoms with Gasteiger partial charge in [0.25, 0.3) is 0 Å². The normalized spacial score (nSPS) is 4.59. The van der Waals surface area contributed by atoms with Crippen LogP contribution in [-0.4, -0.2) is 0 Å². The molecule has 0 saturated carbocycles. The van der Waals surface area contributed by atoms with Crippen LogP contribution in [0.4, 0.5) is 0 Å². The standard InChI is InChI=1S/C6H11.C3H6.W.7Y/c1-4-5-6(2)3;1-3-2;;;;;;;;/h6H,1-5H2;1-3H2;;;;;;;;/q-3;-2;;;;;;;;. The second kappa shape index (κ2) is 64.4. The van der Waals surface area contributed by atoms with Gasteiger partial charge < -0.3 is 47.0 Å². The van der Waals surface area contributed by atoms with Gasteiger partial charge in [-0.15, -0.1) is 6.42 Å². The molecule has 17 heavy (non-hydrogen) atoms. The van der Waals surface area contributed by atoms with Crippen molar-refractivity contribution in [3.8, 4) is 0 Å². The average molecular weight is 931 g/mol. The molecule has 0 aliphatic rings. The first-order valence-corrected chi connectivity index (χ1v) is 3.22. The van der Waals surface area contributed by atoms with Crippen molar-refractivity contribution in [2.24, 2.45) is 5.92 Å². The van der Waals surface area contributed by atoms with Gasteiger partial charge in [0.15, 0.2) is 0 Å². The maximum Gasteiger partial charge on any atom is 0 e. The Morgan fingerprint density at radius 1 is 0.647 bits per heavy atom. The molecular formula is C9H17WY7-5. The fourth-order valence-electron chi connectivity index (χ4n) is 0.289. The minimum atomic E-state index is 0. The van der Waals surface area contributed by atoms with Gasteiger partial charge in [0.05, 0.1) is 0 Å². The summed E-state index contributed by atoms with van der Waals surface area (Å²) < 4.78 is 0. The van der Waals surface area contributed by atoms with Crippen LogP contribution in [0.2, 0.25) is 0 Å². The summed E-state index contributed by atoms with van der Waals surface area (Å²) in [5.74, 6) is 0.336. The van der Waals surface area contributed by atoms with Crippen LogP contribution in [0.15, 0.2) is 0 Å². The molecule has 0 atom stereocenters. The smallest absolute Gasteiger partial charge is 0 e. The van der Waals surface area contributed by atoms with Gasteiger partial charge in [-0.3, -0.25) is 0 Å².